The number of nitrogens with zero attached hydrogens (tertiary/aromatic N) is 1. The van der Waals surface area contributed by atoms with Crippen LogP contribution >= 0.6 is 24.0 Å². The Kier molecular flexibility index (Phi) is 8.43. The summed E-state index contributed by atoms with van der Waals surface area (Å²) in [4.78, 5) is 4.30. The van der Waals surface area contributed by atoms with Gasteiger partial charge in [0, 0.05) is 45.2 Å². The summed E-state index contributed by atoms with van der Waals surface area (Å²) in [6, 6.07) is 6.45. The monoisotopic (exact) mass is 475 g/mol. The predicted octanol–water partition coefficient (Wildman–Crippen LogP) is 1.74. The minimum Gasteiger partial charge on any atom is -0.493 e. The summed E-state index contributed by atoms with van der Waals surface area (Å²) in [5, 5.41) is 16.1. The van der Waals surface area contributed by atoms with Crippen molar-refractivity contribution in [1.29, 1.82) is 0 Å². The van der Waals surface area contributed by atoms with Crippen LogP contribution in [0.2, 0.25) is 0 Å². The lowest BCUT2D eigenvalue weighted by Crippen LogP contribution is -2.45. The Morgan fingerprint density at radius 2 is 2.19 bits per heavy atom. The van der Waals surface area contributed by atoms with Gasteiger partial charge in [-0.2, -0.15) is 0 Å². The molecule has 2 aliphatic rings. The van der Waals surface area contributed by atoms with E-state index in [1.54, 1.807) is 7.05 Å². The molecule has 1 aromatic carbocycles. The van der Waals surface area contributed by atoms with Crippen molar-refractivity contribution in [2.75, 3.05) is 46.6 Å². The zero-order valence-corrected chi connectivity index (χ0v) is 17.8. The quantitative estimate of drug-likeness (QED) is 0.318. The lowest BCUT2D eigenvalue weighted by atomic mass is 9.84. The van der Waals surface area contributed by atoms with E-state index < -0.39 is 0 Å². The van der Waals surface area contributed by atoms with Crippen LogP contribution in [0.3, 0.4) is 0 Å². The van der Waals surface area contributed by atoms with E-state index in [0.717, 1.165) is 63.7 Å². The fraction of sp³-hybridized carbons (Fsp3) is 0.632. The van der Waals surface area contributed by atoms with E-state index in [9.17, 15) is 5.11 Å². The minimum absolute atomic E-state index is 0. The van der Waals surface area contributed by atoms with E-state index in [1.807, 2.05) is 0 Å². The molecule has 0 aromatic heterocycles. The van der Waals surface area contributed by atoms with Gasteiger partial charge in [-0.05, 0) is 36.5 Å². The second kappa shape index (κ2) is 10.3. The molecule has 0 spiro atoms. The van der Waals surface area contributed by atoms with Crippen molar-refractivity contribution in [2.45, 2.75) is 25.7 Å². The highest BCUT2D eigenvalue weighted by atomic mass is 127. The number of hydrogen-bond donors (Lipinski definition) is 3. The molecule has 3 N–H and O–H groups in total. The summed E-state index contributed by atoms with van der Waals surface area (Å²) in [7, 11) is 1.78. The third-order valence-electron chi connectivity index (χ3n) is 5.14. The number of rotatable bonds is 7. The Morgan fingerprint density at radius 1 is 1.31 bits per heavy atom. The summed E-state index contributed by atoms with van der Waals surface area (Å²) in [5.74, 6) is 1.83. The molecule has 1 fully saturated rings. The molecule has 6 nitrogen and oxygen atoms in total. The van der Waals surface area contributed by atoms with Crippen molar-refractivity contribution >= 4 is 29.9 Å². The molecule has 0 amide bonds. The predicted molar refractivity (Wildman–Crippen MR) is 114 cm³/mol. The van der Waals surface area contributed by atoms with Crippen molar-refractivity contribution in [2.24, 2.45) is 10.4 Å². The number of aliphatic imine (C=N–C) groups is 1. The number of aliphatic hydroxyl groups excluding tert-OH is 1. The van der Waals surface area contributed by atoms with Crippen molar-refractivity contribution in [1.82, 2.24) is 10.6 Å². The summed E-state index contributed by atoms with van der Waals surface area (Å²) < 4.78 is 11.1. The molecular formula is C19H30IN3O3. The van der Waals surface area contributed by atoms with E-state index in [1.165, 1.54) is 11.1 Å². The highest BCUT2D eigenvalue weighted by Crippen LogP contribution is 2.31. The van der Waals surface area contributed by atoms with Crippen LogP contribution in [0, 0.1) is 5.41 Å². The summed E-state index contributed by atoms with van der Waals surface area (Å²) in [6.45, 7) is 4.06. The highest BCUT2D eigenvalue weighted by Gasteiger charge is 2.34. The summed E-state index contributed by atoms with van der Waals surface area (Å²) in [5.41, 5.74) is 2.65. The topological polar surface area (TPSA) is 75.1 Å². The van der Waals surface area contributed by atoms with Gasteiger partial charge < -0.3 is 25.2 Å². The first-order chi connectivity index (χ1) is 12.2. The molecule has 2 heterocycles. The number of halogens is 1. The molecule has 146 valence electrons. The molecule has 1 unspecified atom stereocenters. The maximum absolute atomic E-state index is 9.31. The molecule has 2 aliphatic heterocycles. The minimum atomic E-state index is 0. The molecule has 7 heteroatoms. The Labute approximate surface area is 172 Å². The van der Waals surface area contributed by atoms with Crippen LogP contribution in [0.5, 0.6) is 5.75 Å². The van der Waals surface area contributed by atoms with Crippen molar-refractivity contribution in [3.05, 3.63) is 29.3 Å². The van der Waals surface area contributed by atoms with Gasteiger partial charge in [0.25, 0.3) is 0 Å². The number of nitrogens with one attached hydrogen (secondary N) is 2. The van der Waals surface area contributed by atoms with Crippen LogP contribution in [0.1, 0.15) is 24.0 Å². The van der Waals surface area contributed by atoms with Gasteiger partial charge >= 0.3 is 0 Å². The number of hydrogen-bond acceptors (Lipinski definition) is 4. The largest absolute Gasteiger partial charge is 0.493 e. The molecule has 3 rings (SSSR count). The van der Waals surface area contributed by atoms with Gasteiger partial charge in [-0.1, -0.05) is 12.1 Å². The van der Waals surface area contributed by atoms with Gasteiger partial charge in [-0.3, -0.25) is 4.99 Å². The standard InChI is InChI=1S/C19H29N3O3.HI/c1-20-18(22-13-19(6-9-23)7-11-24-14-19)21-8-4-15-2-3-17-16(12-15)5-10-25-17;/h2-3,12,23H,4-11,13-14H2,1H3,(H2,20,21,22);1H. The van der Waals surface area contributed by atoms with Crippen LogP contribution < -0.4 is 15.4 Å². The third-order valence-corrected chi connectivity index (χ3v) is 5.14. The molecule has 26 heavy (non-hydrogen) atoms. The van der Waals surface area contributed by atoms with E-state index in [-0.39, 0.29) is 36.0 Å². The zero-order chi connectivity index (χ0) is 17.5. The smallest absolute Gasteiger partial charge is 0.191 e. The molecule has 1 atom stereocenters. The van der Waals surface area contributed by atoms with Gasteiger partial charge in [0.2, 0.25) is 0 Å². The third kappa shape index (κ3) is 5.47. The fourth-order valence-electron chi connectivity index (χ4n) is 3.52. The summed E-state index contributed by atoms with van der Waals surface area (Å²) >= 11 is 0. The van der Waals surface area contributed by atoms with Crippen LogP contribution in [0.4, 0.5) is 0 Å². The number of aliphatic hydroxyl groups is 1. The van der Waals surface area contributed by atoms with Gasteiger partial charge in [0.1, 0.15) is 5.75 Å². The van der Waals surface area contributed by atoms with Crippen molar-refractivity contribution in [3.63, 3.8) is 0 Å². The van der Waals surface area contributed by atoms with Crippen LogP contribution in [-0.2, 0) is 17.6 Å². The van der Waals surface area contributed by atoms with Crippen LogP contribution in [-0.4, -0.2) is 57.6 Å². The SMILES string of the molecule is CN=C(NCCc1ccc2c(c1)CCO2)NCC1(CCO)CCOC1.I. The molecule has 0 radical (unpaired) electrons. The van der Waals surface area contributed by atoms with E-state index in [0.29, 0.717) is 6.61 Å². The maximum Gasteiger partial charge on any atom is 0.191 e. The van der Waals surface area contributed by atoms with Crippen LogP contribution in [0.15, 0.2) is 23.2 Å². The molecule has 1 aromatic rings. The Balaban J connectivity index is 0.00000243. The second-order valence-corrected chi connectivity index (χ2v) is 6.92. The van der Waals surface area contributed by atoms with Gasteiger partial charge in [-0.25, -0.2) is 0 Å². The van der Waals surface area contributed by atoms with Crippen molar-refractivity contribution in [3.8, 4) is 5.75 Å². The lowest BCUT2D eigenvalue weighted by Gasteiger charge is -2.27. The Bertz CT molecular complexity index is 604. The Hall–Kier alpha value is -1.06. The average molecular weight is 475 g/mol. The first kappa shape index (κ1) is 21.2. The Morgan fingerprint density at radius 3 is 2.92 bits per heavy atom. The number of benzene rings is 1. The zero-order valence-electron chi connectivity index (χ0n) is 15.4. The van der Waals surface area contributed by atoms with Crippen LogP contribution in [0.25, 0.3) is 0 Å². The number of guanidine groups is 1. The number of fused-ring (bicyclic) bond motifs is 1. The second-order valence-electron chi connectivity index (χ2n) is 6.92. The first-order valence-corrected chi connectivity index (χ1v) is 9.12. The van der Waals surface area contributed by atoms with E-state index >= 15 is 0 Å². The average Bonchev–Trinajstić information content (AvgIpc) is 3.27. The molecule has 1 saturated heterocycles. The molecule has 0 saturated carbocycles. The van der Waals surface area contributed by atoms with Gasteiger partial charge in [-0.15, -0.1) is 24.0 Å². The van der Waals surface area contributed by atoms with E-state index in [2.05, 4.69) is 33.8 Å². The lowest BCUT2D eigenvalue weighted by molar-refractivity contribution is 0.127. The van der Waals surface area contributed by atoms with Crippen molar-refractivity contribution < 1.29 is 14.6 Å². The molecule has 0 bridgehead atoms. The highest BCUT2D eigenvalue weighted by molar-refractivity contribution is 14.0. The normalized spacial score (nSPS) is 21.7. The van der Waals surface area contributed by atoms with Gasteiger partial charge in [0.15, 0.2) is 5.96 Å². The summed E-state index contributed by atoms with van der Waals surface area (Å²) in [6.07, 6.45) is 3.69. The first-order valence-electron chi connectivity index (χ1n) is 9.12. The van der Waals surface area contributed by atoms with Gasteiger partial charge in [0.05, 0.1) is 13.2 Å². The fourth-order valence-corrected chi connectivity index (χ4v) is 3.52. The maximum atomic E-state index is 9.31. The van der Waals surface area contributed by atoms with E-state index in [4.69, 9.17) is 9.47 Å². The number of ether oxygens (including phenoxy) is 2. The molecular weight excluding hydrogens is 445 g/mol. The molecule has 0 aliphatic carbocycles.